The molecular formula is C36H40BrN3O4S. The van der Waals surface area contributed by atoms with Crippen LogP contribution in [0.15, 0.2) is 112 Å². The molecule has 2 amide bonds. The SMILES string of the molecule is CC[C@@H](C)NC(=O)[C@@H](Cc1ccccc1)N(Cc1ccc(Br)cc1)C(=O)CN(c1cc(C)cc(C)c1)S(=O)(=O)c1ccccc1. The molecule has 0 saturated carbocycles. The van der Waals surface area contributed by atoms with Crippen molar-refractivity contribution in [3.63, 3.8) is 0 Å². The fourth-order valence-electron chi connectivity index (χ4n) is 5.12. The highest BCUT2D eigenvalue weighted by Crippen LogP contribution is 2.27. The lowest BCUT2D eigenvalue weighted by atomic mass is 10.0. The Balaban J connectivity index is 1.82. The van der Waals surface area contributed by atoms with Crippen LogP contribution in [0.4, 0.5) is 5.69 Å². The first-order valence-electron chi connectivity index (χ1n) is 15.0. The first kappa shape index (κ1) is 33.9. The number of aryl methyl sites for hydroxylation is 2. The van der Waals surface area contributed by atoms with Crippen LogP contribution in [0.25, 0.3) is 0 Å². The summed E-state index contributed by atoms with van der Waals surface area (Å²) in [5, 5.41) is 3.06. The second-order valence-corrected chi connectivity index (χ2v) is 14.1. The Morgan fingerprint density at radius 2 is 1.40 bits per heavy atom. The van der Waals surface area contributed by atoms with Gasteiger partial charge in [0.1, 0.15) is 12.6 Å². The van der Waals surface area contributed by atoms with E-state index in [1.54, 1.807) is 30.3 Å². The topological polar surface area (TPSA) is 86.8 Å². The molecular weight excluding hydrogens is 650 g/mol. The predicted octanol–water partition coefficient (Wildman–Crippen LogP) is 6.82. The molecule has 0 spiro atoms. The number of hydrogen-bond donors (Lipinski definition) is 1. The Labute approximate surface area is 275 Å². The van der Waals surface area contributed by atoms with Gasteiger partial charge < -0.3 is 10.2 Å². The van der Waals surface area contributed by atoms with Gasteiger partial charge in [-0.2, -0.15) is 0 Å². The number of nitrogens with one attached hydrogen (secondary N) is 1. The molecule has 0 unspecified atom stereocenters. The second kappa shape index (κ2) is 15.4. The largest absolute Gasteiger partial charge is 0.352 e. The zero-order valence-electron chi connectivity index (χ0n) is 26.1. The number of amides is 2. The number of benzene rings is 4. The van der Waals surface area contributed by atoms with Crippen molar-refractivity contribution in [3.05, 3.63) is 130 Å². The van der Waals surface area contributed by atoms with Crippen LogP contribution in [0.1, 0.15) is 42.5 Å². The number of hydrogen-bond acceptors (Lipinski definition) is 4. The van der Waals surface area contributed by atoms with Crippen molar-refractivity contribution in [3.8, 4) is 0 Å². The van der Waals surface area contributed by atoms with Crippen molar-refractivity contribution >= 4 is 43.5 Å². The fraction of sp³-hybridized carbons (Fsp3) is 0.278. The van der Waals surface area contributed by atoms with E-state index in [2.05, 4.69) is 21.2 Å². The quantitative estimate of drug-likeness (QED) is 0.167. The first-order chi connectivity index (χ1) is 21.5. The highest BCUT2D eigenvalue weighted by Gasteiger charge is 2.35. The van der Waals surface area contributed by atoms with Gasteiger partial charge in [0.2, 0.25) is 11.8 Å². The summed E-state index contributed by atoms with van der Waals surface area (Å²) in [6.45, 7) is 7.31. The van der Waals surface area contributed by atoms with Gasteiger partial charge in [0.25, 0.3) is 10.0 Å². The van der Waals surface area contributed by atoms with E-state index < -0.39 is 28.5 Å². The summed E-state index contributed by atoms with van der Waals surface area (Å²) in [4.78, 5) is 30.1. The summed E-state index contributed by atoms with van der Waals surface area (Å²) in [6.07, 6.45) is 0.987. The monoisotopic (exact) mass is 689 g/mol. The number of anilines is 1. The summed E-state index contributed by atoms with van der Waals surface area (Å²) >= 11 is 3.47. The van der Waals surface area contributed by atoms with Gasteiger partial charge in [-0.3, -0.25) is 13.9 Å². The first-order valence-corrected chi connectivity index (χ1v) is 17.3. The van der Waals surface area contributed by atoms with Crippen LogP contribution >= 0.6 is 15.9 Å². The maximum absolute atomic E-state index is 14.6. The molecule has 1 N–H and O–H groups in total. The molecule has 0 aliphatic carbocycles. The van der Waals surface area contributed by atoms with E-state index in [9.17, 15) is 18.0 Å². The van der Waals surface area contributed by atoms with Gasteiger partial charge in [0, 0.05) is 23.5 Å². The van der Waals surface area contributed by atoms with Crippen molar-refractivity contribution in [2.45, 2.75) is 64.1 Å². The molecule has 0 heterocycles. The fourth-order valence-corrected chi connectivity index (χ4v) is 6.81. The van der Waals surface area contributed by atoms with Crippen molar-refractivity contribution in [1.82, 2.24) is 10.2 Å². The lowest BCUT2D eigenvalue weighted by Gasteiger charge is -2.34. The highest BCUT2D eigenvalue weighted by molar-refractivity contribution is 9.10. The predicted molar refractivity (Wildman–Crippen MR) is 183 cm³/mol. The molecule has 4 rings (SSSR count). The number of sulfonamides is 1. The lowest BCUT2D eigenvalue weighted by molar-refractivity contribution is -0.140. The van der Waals surface area contributed by atoms with E-state index in [4.69, 9.17) is 0 Å². The number of nitrogens with zero attached hydrogens (tertiary/aromatic N) is 2. The molecule has 0 aliphatic heterocycles. The van der Waals surface area contributed by atoms with E-state index in [0.717, 1.165) is 37.5 Å². The minimum Gasteiger partial charge on any atom is -0.352 e. The Bertz CT molecular complexity index is 1680. The van der Waals surface area contributed by atoms with Gasteiger partial charge in [-0.1, -0.05) is 89.6 Å². The van der Waals surface area contributed by atoms with Crippen LogP contribution in [0.2, 0.25) is 0 Å². The smallest absolute Gasteiger partial charge is 0.264 e. The van der Waals surface area contributed by atoms with Gasteiger partial charge >= 0.3 is 0 Å². The molecule has 0 radical (unpaired) electrons. The highest BCUT2D eigenvalue weighted by atomic mass is 79.9. The molecule has 7 nitrogen and oxygen atoms in total. The van der Waals surface area contributed by atoms with E-state index in [0.29, 0.717) is 5.69 Å². The number of halogens is 1. The van der Waals surface area contributed by atoms with E-state index >= 15 is 0 Å². The molecule has 0 bridgehead atoms. The molecule has 0 aromatic heterocycles. The van der Waals surface area contributed by atoms with Gasteiger partial charge in [-0.25, -0.2) is 8.42 Å². The van der Waals surface area contributed by atoms with Gasteiger partial charge in [-0.05, 0) is 85.8 Å². The zero-order valence-corrected chi connectivity index (χ0v) is 28.5. The standard InChI is InChI=1S/C36H40BrN3O4S/c1-5-28(4)38-36(42)34(23-29-12-8-6-9-13-29)39(24-30-16-18-31(37)19-17-30)35(41)25-40(32-21-26(2)20-27(3)22-32)45(43,44)33-14-10-7-11-15-33/h6-22,28,34H,5,23-25H2,1-4H3,(H,38,42)/t28-,34-/m1/s1. The molecule has 0 saturated heterocycles. The maximum atomic E-state index is 14.6. The summed E-state index contributed by atoms with van der Waals surface area (Å²) < 4.78 is 30.4. The number of carbonyl (C=O) groups excluding carboxylic acids is 2. The van der Waals surface area contributed by atoms with E-state index in [1.165, 1.54) is 17.0 Å². The van der Waals surface area contributed by atoms with Crippen molar-refractivity contribution < 1.29 is 18.0 Å². The second-order valence-electron chi connectivity index (χ2n) is 11.3. The summed E-state index contributed by atoms with van der Waals surface area (Å²) in [7, 11) is -4.14. The maximum Gasteiger partial charge on any atom is 0.264 e. The van der Waals surface area contributed by atoms with Crippen LogP contribution in [-0.4, -0.2) is 43.8 Å². The number of rotatable bonds is 13. The Morgan fingerprint density at radius 3 is 1.98 bits per heavy atom. The van der Waals surface area contributed by atoms with Crippen LogP contribution in [0, 0.1) is 13.8 Å². The number of carbonyl (C=O) groups is 2. The third-order valence-corrected chi connectivity index (χ3v) is 9.96. The van der Waals surface area contributed by atoms with Gasteiger partial charge in [-0.15, -0.1) is 0 Å². The molecule has 4 aromatic rings. The van der Waals surface area contributed by atoms with Crippen molar-refractivity contribution in [1.29, 1.82) is 0 Å². The zero-order chi connectivity index (χ0) is 32.6. The third-order valence-electron chi connectivity index (χ3n) is 7.64. The van der Waals surface area contributed by atoms with Crippen LogP contribution in [0.5, 0.6) is 0 Å². The van der Waals surface area contributed by atoms with E-state index in [1.807, 2.05) is 88.4 Å². The minimum absolute atomic E-state index is 0.0757. The summed E-state index contributed by atoms with van der Waals surface area (Å²) in [5.41, 5.74) is 3.82. The lowest BCUT2D eigenvalue weighted by Crippen LogP contribution is -2.54. The van der Waals surface area contributed by atoms with Gasteiger partial charge in [0.05, 0.1) is 10.6 Å². The summed E-state index contributed by atoms with van der Waals surface area (Å²) in [5.74, 6) is -0.778. The average molecular weight is 691 g/mol. The van der Waals surface area contributed by atoms with Crippen LogP contribution in [-0.2, 0) is 32.6 Å². The van der Waals surface area contributed by atoms with Crippen molar-refractivity contribution in [2.75, 3.05) is 10.8 Å². The molecule has 0 fully saturated rings. The Kier molecular flexibility index (Phi) is 11.6. The molecule has 0 aliphatic rings. The van der Waals surface area contributed by atoms with Gasteiger partial charge in [0.15, 0.2) is 0 Å². The van der Waals surface area contributed by atoms with Crippen molar-refractivity contribution in [2.24, 2.45) is 0 Å². The molecule has 9 heteroatoms. The van der Waals surface area contributed by atoms with Crippen LogP contribution < -0.4 is 9.62 Å². The average Bonchev–Trinajstić information content (AvgIpc) is 3.02. The minimum atomic E-state index is -4.14. The molecule has 236 valence electrons. The molecule has 2 atom stereocenters. The van der Waals surface area contributed by atoms with E-state index in [-0.39, 0.29) is 29.8 Å². The third kappa shape index (κ3) is 9.05. The van der Waals surface area contributed by atoms with Crippen LogP contribution in [0.3, 0.4) is 0 Å². The molecule has 4 aromatic carbocycles. The Morgan fingerprint density at radius 1 is 0.822 bits per heavy atom. The Hall–Kier alpha value is -3.95. The summed E-state index contributed by atoms with van der Waals surface area (Å²) in [6, 6.07) is 29.7. The molecule has 45 heavy (non-hydrogen) atoms. The normalized spacial score (nSPS) is 12.6.